The van der Waals surface area contributed by atoms with E-state index in [1.165, 1.54) is 11.3 Å². The third-order valence-corrected chi connectivity index (χ3v) is 2.72. The zero-order chi connectivity index (χ0) is 9.42. The molecule has 0 radical (unpaired) electrons. The monoisotopic (exact) mass is 236 g/mol. The molecule has 0 aromatic heterocycles. The van der Waals surface area contributed by atoms with Crippen LogP contribution < -0.4 is 4.90 Å². The molecule has 2 nitrogen and oxygen atoms in total. The maximum atomic E-state index is 8.68. The predicted molar refractivity (Wildman–Crippen MR) is 55.6 cm³/mol. The van der Waals surface area contributed by atoms with E-state index in [1.54, 1.807) is 0 Å². The van der Waals surface area contributed by atoms with Gasteiger partial charge in [-0.15, -0.1) is 0 Å². The zero-order valence-electron chi connectivity index (χ0n) is 7.29. The third-order valence-electron chi connectivity index (χ3n) is 2.23. The number of aryl methyl sites for hydroxylation is 1. The molecule has 1 aromatic carbocycles. The van der Waals surface area contributed by atoms with Crippen molar-refractivity contribution in [1.29, 1.82) is 5.26 Å². The van der Waals surface area contributed by atoms with Crippen molar-refractivity contribution in [1.82, 2.24) is 0 Å². The van der Waals surface area contributed by atoms with Crippen LogP contribution in [0.15, 0.2) is 22.7 Å². The van der Waals surface area contributed by atoms with Crippen LogP contribution in [-0.4, -0.2) is 12.6 Å². The molecule has 1 atom stereocenters. The van der Waals surface area contributed by atoms with Crippen molar-refractivity contribution in [3.63, 3.8) is 0 Å². The van der Waals surface area contributed by atoms with Crippen LogP contribution in [-0.2, 0) is 0 Å². The second kappa shape index (κ2) is 3.04. The van der Waals surface area contributed by atoms with Gasteiger partial charge in [0, 0.05) is 10.2 Å². The number of halogens is 1. The lowest BCUT2D eigenvalue weighted by molar-refractivity contribution is 1.24. The Morgan fingerprint density at radius 2 is 2.38 bits per heavy atom. The van der Waals surface area contributed by atoms with Crippen molar-refractivity contribution in [2.45, 2.75) is 13.0 Å². The number of hydrogen-bond acceptors (Lipinski definition) is 2. The fraction of sp³-hybridized carbons (Fsp3) is 0.300. The number of nitrogens with zero attached hydrogens (tertiary/aromatic N) is 2. The highest BCUT2D eigenvalue weighted by molar-refractivity contribution is 9.10. The molecule has 3 heteroatoms. The summed E-state index contributed by atoms with van der Waals surface area (Å²) in [5, 5.41) is 8.68. The van der Waals surface area contributed by atoms with Gasteiger partial charge >= 0.3 is 0 Å². The van der Waals surface area contributed by atoms with Gasteiger partial charge in [-0.2, -0.15) is 5.26 Å². The van der Waals surface area contributed by atoms with Gasteiger partial charge in [-0.1, -0.05) is 15.9 Å². The Morgan fingerprint density at radius 3 is 2.92 bits per heavy atom. The SMILES string of the molecule is Cc1cc(Br)ccc1N1CC1C#N. The smallest absolute Gasteiger partial charge is 0.134 e. The molecule has 0 amide bonds. The van der Waals surface area contributed by atoms with E-state index in [0.29, 0.717) is 0 Å². The van der Waals surface area contributed by atoms with Gasteiger partial charge in [0.15, 0.2) is 0 Å². The number of anilines is 1. The molecule has 0 spiro atoms. The normalized spacial score (nSPS) is 19.8. The molecule has 0 N–H and O–H groups in total. The van der Waals surface area contributed by atoms with Gasteiger partial charge in [-0.3, -0.25) is 0 Å². The summed E-state index contributed by atoms with van der Waals surface area (Å²) in [7, 11) is 0. The van der Waals surface area contributed by atoms with Crippen LogP contribution in [0.5, 0.6) is 0 Å². The summed E-state index contributed by atoms with van der Waals surface area (Å²) in [6.45, 7) is 2.94. The van der Waals surface area contributed by atoms with E-state index in [2.05, 4.69) is 46.0 Å². The third kappa shape index (κ3) is 1.54. The molecule has 1 saturated heterocycles. The van der Waals surface area contributed by atoms with Crippen molar-refractivity contribution in [3.05, 3.63) is 28.2 Å². The van der Waals surface area contributed by atoms with E-state index in [0.717, 1.165) is 11.0 Å². The summed E-state index contributed by atoms with van der Waals surface area (Å²) in [6.07, 6.45) is 0. The Balaban J connectivity index is 2.29. The van der Waals surface area contributed by atoms with Crippen LogP contribution in [0.3, 0.4) is 0 Å². The van der Waals surface area contributed by atoms with E-state index >= 15 is 0 Å². The molecular weight excluding hydrogens is 228 g/mol. The van der Waals surface area contributed by atoms with Crippen molar-refractivity contribution in [2.75, 3.05) is 11.4 Å². The number of rotatable bonds is 1. The molecule has 1 aliphatic rings. The van der Waals surface area contributed by atoms with Crippen LogP contribution in [0.25, 0.3) is 0 Å². The van der Waals surface area contributed by atoms with E-state index in [-0.39, 0.29) is 6.04 Å². The van der Waals surface area contributed by atoms with Gasteiger partial charge in [-0.05, 0) is 30.7 Å². The Labute approximate surface area is 85.9 Å². The topological polar surface area (TPSA) is 26.8 Å². The fourth-order valence-corrected chi connectivity index (χ4v) is 1.93. The zero-order valence-corrected chi connectivity index (χ0v) is 8.87. The molecule has 1 aromatic rings. The summed E-state index contributed by atoms with van der Waals surface area (Å²) in [5.74, 6) is 0. The molecule has 13 heavy (non-hydrogen) atoms. The molecule has 1 heterocycles. The molecule has 0 bridgehead atoms. The first-order chi connectivity index (χ1) is 6.22. The maximum Gasteiger partial charge on any atom is 0.134 e. The summed E-state index contributed by atoms with van der Waals surface area (Å²) < 4.78 is 1.09. The lowest BCUT2D eigenvalue weighted by Gasteiger charge is -2.07. The van der Waals surface area contributed by atoms with Gasteiger partial charge < -0.3 is 4.90 Å². The minimum atomic E-state index is 0.0971. The standard InChI is InChI=1S/C10H9BrN2/c1-7-4-8(11)2-3-10(7)13-6-9(13)5-12/h2-4,9H,6H2,1H3. The second-order valence-electron chi connectivity index (χ2n) is 3.23. The Hall–Kier alpha value is -1.01. The average Bonchev–Trinajstić information content (AvgIpc) is 2.83. The summed E-state index contributed by atoms with van der Waals surface area (Å²) in [4.78, 5) is 2.10. The van der Waals surface area contributed by atoms with E-state index < -0.39 is 0 Å². The Kier molecular flexibility index (Phi) is 2.01. The van der Waals surface area contributed by atoms with Crippen molar-refractivity contribution in [3.8, 4) is 6.07 Å². The highest BCUT2D eigenvalue weighted by Crippen LogP contribution is 2.31. The van der Waals surface area contributed by atoms with Crippen LogP contribution in [0.1, 0.15) is 5.56 Å². The van der Waals surface area contributed by atoms with Crippen LogP contribution >= 0.6 is 15.9 Å². The molecule has 0 saturated carbocycles. The number of benzene rings is 1. The van der Waals surface area contributed by atoms with Crippen molar-refractivity contribution < 1.29 is 0 Å². The minimum absolute atomic E-state index is 0.0971. The van der Waals surface area contributed by atoms with E-state index in [9.17, 15) is 0 Å². The van der Waals surface area contributed by atoms with Gasteiger partial charge in [-0.25, -0.2) is 0 Å². The number of nitriles is 1. The highest BCUT2D eigenvalue weighted by Gasteiger charge is 2.34. The first kappa shape index (κ1) is 8.58. The lowest BCUT2D eigenvalue weighted by Crippen LogP contribution is -1.98. The summed E-state index contributed by atoms with van der Waals surface area (Å²) >= 11 is 3.41. The molecule has 0 aliphatic carbocycles. The fourth-order valence-electron chi connectivity index (χ4n) is 1.46. The van der Waals surface area contributed by atoms with Crippen LogP contribution in [0.2, 0.25) is 0 Å². The van der Waals surface area contributed by atoms with Gasteiger partial charge in [0.2, 0.25) is 0 Å². The first-order valence-electron chi connectivity index (χ1n) is 4.15. The highest BCUT2D eigenvalue weighted by atomic mass is 79.9. The van der Waals surface area contributed by atoms with E-state index in [4.69, 9.17) is 5.26 Å². The van der Waals surface area contributed by atoms with Crippen LogP contribution in [0, 0.1) is 18.3 Å². The first-order valence-corrected chi connectivity index (χ1v) is 4.94. The second-order valence-corrected chi connectivity index (χ2v) is 4.14. The predicted octanol–water partition coefficient (Wildman–Crippen LogP) is 2.47. The Bertz CT molecular complexity index is 381. The summed E-state index contributed by atoms with van der Waals surface area (Å²) in [6, 6.07) is 8.47. The molecule has 66 valence electrons. The van der Waals surface area contributed by atoms with Crippen molar-refractivity contribution >= 4 is 21.6 Å². The average molecular weight is 237 g/mol. The molecule has 2 rings (SSSR count). The van der Waals surface area contributed by atoms with E-state index in [1.807, 2.05) is 6.07 Å². The maximum absolute atomic E-state index is 8.68. The summed E-state index contributed by atoms with van der Waals surface area (Å²) in [5.41, 5.74) is 2.39. The molecular formula is C10H9BrN2. The van der Waals surface area contributed by atoms with Gasteiger partial charge in [0.1, 0.15) is 6.04 Å². The molecule has 1 fully saturated rings. The van der Waals surface area contributed by atoms with Crippen LogP contribution in [0.4, 0.5) is 5.69 Å². The largest absolute Gasteiger partial charge is 0.351 e. The Morgan fingerprint density at radius 1 is 1.62 bits per heavy atom. The van der Waals surface area contributed by atoms with Gasteiger partial charge in [0.05, 0.1) is 12.6 Å². The minimum Gasteiger partial charge on any atom is -0.351 e. The molecule has 1 unspecified atom stereocenters. The molecule has 1 aliphatic heterocycles. The van der Waals surface area contributed by atoms with Gasteiger partial charge in [0.25, 0.3) is 0 Å². The quantitative estimate of drug-likeness (QED) is 0.701. The lowest BCUT2D eigenvalue weighted by atomic mass is 10.2. The van der Waals surface area contributed by atoms with Crippen molar-refractivity contribution in [2.24, 2.45) is 0 Å². The number of hydrogen-bond donors (Lipinski definition) is 0.